The first-order chi connectivity index (χ1) is 14.1. The van der Waals surface area contributed by atoms with Gasteiger partial charge in [0.15, 0.2) is 11.5 Å². The number of hydrogen-bond donors (Lipinski definition) is 1. The molecule has 0 radical (unpaired) electrons. The fourth-order valence-corrected chi connectivity index (χ4v) is 3.40. The molecule has 0 aliphatic carbocycles. The number of alkyl halides is 3. The molecular formula is C18H15BrClF4N5O. The molecule has 0 saturated heterocycles. The van der Waals surface area contributed by atoms with Crippen molar-refractivity contribution >= 4 is 39.3 Å². The summed E-state index contributed by atoms with van der Waals surface area (Å²) in [6.07, 6.45) is -3.31. The quantitative estimate of drug-likeness (QED) is 0.475. The highest BCUT2D eigenvalue weighted by atomic mass is 79.9. The molecule has 1 N–H and O–H groups in total. The minimum absolute atomic E-state index is 0.0695. The van der Waals surface area contributed by atoms with E-state index in [1.165, 1.54) is 23.9 Å². The number of carbonyl (C=O) groups excluding carboxylic acids is 1. The van der Waals surface area contributed by atoms with Crippen LogP contribution in [-0.2, 0) is 24.1 Å². The van der Waals surface area contributed by atoms with Gasteiger partial charge in [-0.05, 0) is 28.9 Å². The Kier molecular flexibility index (Phi) is 6.51. The number of carbonyl (C=O) groups is 1. The number of rotatable bonds is 6. The number of benzene rings is 1. The molecular weight excluding hydrogens is 494 g/mol. The highest BCUT2D eigenvalue weighted by molar-refractivity contribution is 9.10. The Bertz CT molecular complexity index is 1080. The largest absolute Gasteiger partial charge is 0.436 e. The Morgan fingerprint density at radius 2 is 1.97 bits per heavy atom. The molecule has 1 amide bonds. The van der Waals surface area contributed by atoms with Crippen molar-refractivity contribution in [2.45, 2.75) is 32.6 Å². The minimum atomic E-state index is -4.60. The summed E-state index contributed by atoms with van der Waals surface area (Å²) in [6, 6.07) is 6.18. The van der Waals surface area contributed by atoms with E-state index < -0.39 is 23.6 Å². The lowest BCUT2D eigenvalue weighted by Gasteiger charge is -2.06. The first-order valence-corrected chi connectivity index (χ1v) is 9.79. The second-order valence-corrected chi connectivity index (χ2v) is 7.58. The number of anilines is 1. The Hall–Kier alpha value is -2.40. The molecule has 0 fully saturated rings. The van der Waals surface area contributed by atoms with Crippen LogP contribution < -0.4 is 5.32 Å². The monoisotopic (exact) mass is 507 g/mol. The van der Waals surface area contributed by atoms with Gasteiger partial charge in [0.2, 0.25) is 5.91 Å². The molecule has 3 aromatic rings. The topological polar surface area (TPSA) is 64.7 Å². The average Bonchev–Trinajstić information content (AvgIpc) is 3.15. The van der Waals surface area contributed by atoms with Gasteiger partial charge in [-0.25, -0.2) is 4.39 Å². The molecule has 6 nitrogen and oxygen atoms in total. The summed E-state index contributed by atoms with van der Waals surface area (Å²) < 4.78 is 54.8. The first-order valence-electron chi connectivity index (χ1n) is 8.62. The van der Waals surface area contributed by atoms with Crippen molar-refractivity contribution in [3.8, 4) is 0 Å². The van der Waals surface area contributed by atoms with Crippen LogP contribution in [0.1, 0.15) is 23.4 Å². The van der Waals surface area contributed by atoms with Crippen molar-refractivity contribution in [2.24, 2.45) is 0 Å². The SMILES string of the molecule is Cc1c(Br)c(C(F)(F)F)nn1CCC(=O)Nc1nn(Cc2ccccc2F)cc1Cl. The zero-order valence-electron chi connectivity index (χ0n) is 15.5. The number of halogens is 6. The van der Waals surface area contributed by atoms with Gasteiger partial charge in [0, 0.05) is 18.2 Å². The van der Waals surface area contributed by atoms with E-state index in [0.717, 1.165) is 4.68 Å². The van der Waals surface area contributed by atoms with Crippen molar-refractivity contribution in [2.75, 3.05) is 5.32 Å². The molecule has 0 spiro atoms. The van der Waals surface area contributed by atoms with Gasteiger partial charge in [0.05, 0.1) is 23.3 Å². The third-order valence-corrected chi connectivity index (χ3v) is 5.44. The molecule has 3 rings (SSSR count). The lowest BCUT2D eigenvalue weighted by atomic mass is 10.2. The smallest absolute Gasteiger partial charge is 0.308 e. The molecule has 0 unspecified atom stereocenters. The summed E-state index contributed by atoms with van der Waals surface area (Å²) >= 11 is 8.95. The van der Waals surface area contributed by atoms with Crippen molar-refractivity contribution in [3.05, 3.63) is 62.7 Å². The standard InChI is InChI=1S/C18H15BrClF4N5O/c1-10-15(19)16(18(22,23)24)26-29(10)7-6-14(30)25-17-12(20)9-28(27-17)8-11-4-2-3-5-13(11)21/h2-5,9H,6-8H2,1H3,(H,25,27,30). The molecule has 160 valence electrons. The number of amides is 1. The fourth-order valence-electron chi connectivity index (χ4n) is 2.69. The van der Waals surface area contributed by atoms with Crippen molar-refractivity contribution < 1.29 is 22.4 Å². The highest BCUT2D eigenvalue weighted by Gasteiger charge is 2.37. The van der Waals surface area contributed by atoms with Crippen LogP contribution in [0, 0.1) is 12.7 Å². The van der Waals surface area contributed by atoms with Crippen LogP contribution in [0.5, 0.6) is 0 Å². The van der Waals surface area contributed by atoms with Gasteiger partial charge in [-0.15, -0.1) is 0 Å². The number of hydrogen-bond acceptors (Lipinski definition) is 3. The molecule has 0 atom stereocenters. The van der Waals surface area contributed by atoms with E-state index in [9.17, 15) is 22.4 Å². The Morgan fingerprint density at radius 1 is 1.27 bits per heavy atom. The van der Waals surface area contributed by atoms with Crippen LogP contribution in [-0.4, -0.2) is 25.5 Å². The molecule has 12 heteroatoms. The molecule has 0 saturated carbocycles. The van der Waals surface area contributed by atoms with Gasteiger partial charge in [0.1, 0.15) is 10.8 Å². The lowest BCUT2D eigenvalue weighted by molar-refractivity contribution is -0.142. The van der Waals surface area contributed by atoms with E-state index in [-0.39, 0.29) is 40.5 Å². The van der Waals surface area contributed by atoms with Gasteiger partial charge in [0.25, 0.3) is 0 Å². The molecule has 0 aliphatic rings. The Balaban J connectivity index is 1.63. The Labute approximate surface area is 181 Å². The lowest BCUT2D eigenvalue weighted by Crippen LogP contribution is -2.17. The number of nitrogens with zero attached hydrogens (tertiary/aromatic N) is 4. The van der Waals surface area contributed by atoms with E-state index >= 15 is 0 Å². The first kappa shape index (κ1) is 22.3. The van der Waals surface area contributed by atoms with E-state index in [4.69, 9.17) is 11.6 Å². The third-order valence-electron chi connectivity index (χ3n) is 4.22. The zero-order valence-corrected chi connectivity index (χ0v) is 17.8. The number of aryl methyl sites for hydroxylation is 1. The molecule has 2 aromatic heterocycles. The van der Waals surface area contributed by atoms with Crippen LogP contribution >= 0.6 is 27.5 Å². The molecule has 30 heavy (non-hydrogen) atoms. The maximum absolute atomic E-state index is 13.8. The summed E-state index contributed by atoms with van der Waals surface area (Å²) in [6.45, 7) is 1.51. The number of nitrogens with one attached hydrogen (secondary N) is 1. The summed E-state index contributed by atoms with van der Waals surface area (Å²) in [5.41, 5.74) is -0.396. The van der Waals surface area contributed by atoms with Crippen LogP contribution in [0.3, 0.4) is 0 Å². The van der Waals surface area contributed by atoms with E-state index in [2.05, 4.69) is 31.4 Å². The van der Waals surface area contributed by atoms with Gasteiger partial charge in [-0.2, -0.15) is 23.4 Å². The predicted octanol–water partition coefficient (Wildman–Crippen LogP) is 5.04. The third kappa shape index (κ3) is 5.01. The molecule has 1 aromatic carbocycles. The van der Waals surface area contributed by atoms with Crippen LogP contribution in [0.2, 0.25) is 5.02 Å². The number of aromatic nitrogens is 4. The second-order valence-electron chi connectivity index (χ2n) is 6.38. The maximum atomic E-state index is 13.8. The molecule has 0 bridgehead atoms. The Morgan fingerprint density at radius 3 is 2.60 bits per heavy atom. The van der Waals surface area contributed by atoms with E-state index in [1.54, 1.807) is 18.2 Å². The minimum Gasteiger partial charge on any atom is -0.308 e. The van der Waals surface area contributed by atoms with Crippen molar-refractivity contribution in [3.63, 3.8) is 0 Å². The normalized spacial score (nSPS) is 11.7. The van der Waals surface area contributed by atoms with Gasteiger partial charge < -0.3 is 5.32 Å². The van der Waals surface area contributed by atoms with Gasteiger partial charge >= 0.3 is 6.18 Å². The average molecular weight is 509 g/mol. The van der Waals surface area contributed by atoms with Gasteiger partial charge in [-0.3, -0.25) is 14.2 Å². The predicted molar refractivity (Wildman–Crippen MR) is 106 cm³/mol. The van der Waals surface area contributed by atoms with Gasteiger partial charge in [-0.1, -0.05) is 29.8 Å². The summed E-state index contributed by atoms with van der Waals surface area (Å²) in [5, 5.41) is 10.3. The molecule has 2 heterocycles. The van der Waals surface area contributed by atoms with Crippen LogP contribution in [0.4, 0.5) is 23.4 Å². The van der Waals surface area contributed by atoms with Crippen molar-refractivity contribution in [1.29, 1.82) is 0 Å². The van der Waals surface area contributed by atoms with E-state index in [0.29, 0.717) is 5.56 Å². The fraction of sp³-hybridized carbons (Fsp3) is 0.278. The summed E-state index contributed by atoms with van der Waals surface area (Å²) in [4.78, 5) is 12.2. The van der Waals surface area contributed by atoms with Crippen molar-refractivity contribution in [1.82, 2.24) is 19.6 Å². The highest BCUT2D eigenvalue weighted by Crippen LogP contribution is 2.35. The van der Waals surface area contributed by atoms with Crippen LogP contribution in [0.25, 0.3) is 0 Å². The van der Waals surface area contributed by atoms with E-state index in [1.807, 2.05) is 0 Å². The zero-order chi connectivity index (χ0) is 22.1. The maximum Gasteiger partial charge on any atom is 0.436 e. The summed E-state index contributed by atoms with van der Waals surface area (Å²) in [5.74, 6) is -0.825. The summed E-state index contributed by atoms with van der Waals surface area (Å²) in [7, 11) is 0. The second kappa shape index (κ2) is 8.76. The van der Waals surface area contributed by atoms with Crippen LogP contribution in [0.15, 0.2) is 34.9 Å². The molecule has 0 aliphatic heterocycles.